The van der Waals surface area contributed by atoms with Crippen LogP contribution in [0, 0.1) is 0 Å². The van der Waals surface area contributed by atoms with E-state index in [4.69, 9.17) is 9.47 Å². The van der Waals surface area contributed by atoms with Crippen molar-refractivity contribution in [2.75, 3.05) is 5.43 Å². The largest absolute Gasteiger partial charge is 0.417 e. The number of aromatic nitrogens is 1. The second-order valence-corrected chi connectivity index (χ2v) is 7.80. The van der Waals surface area contributed by atoms with Crippen molar-refractivity contribution in [2.24, 2.45) is 5.10 Å². The Bertz CT molecular complexity index is 879. The summed E-state index contributed by atoms with van der Waals surface area (Å²) in [6, 6.07) is 10.2. The molecule has 1 aliphatic carbocycles. The van der Waals surface area contributed by atoms with Crippen LogP contribution in [0.4, 0.5) is 5.13 Å². The molecule has 2 aliphatic rings. The van der Waals surface area contributed by atoms with Crippen LogP contribution in [0.3, 0.4) is 0 Å². The van der Waals surface area contributed by atoms with Gasteiger partial charge in [-0.1, -0.05) is 37.3 Å². The van der Waals surface area contributed by atoms with Gasteiger partial charge in [-0.25, -0.2) is 14.6 Å². The molecule has 0 atom stereocenters. The van der Waals surface area contributed by atoms with Crippen LogP contribution >= 0.6 is 11.3 Å². The second kappa shape index (κ2) is 7.71. The second-order valence-electron chi connectivity index (χ2n) is 6.94. The van der Waals surface area contributed by atoms with Crippen LogP contribution in [0.1, 0.15) is 49.8 Å². The smallest absolute Gasteiger partial charge is 0.369 e. The van der Waals surface area contributed by atoms with E-state index in [0.29, 0.717) is 23.9 Å². The summed E-state index contributed by atoms with van der Waals surface area (Å²) < 4.78 is 11.1. The molecule has 28 heavy (non-hydrogen) atoms. The van der Waals surface area contributed by atoms with E-state index >= 15 is 0 Å². The van der Waals surface area contributed by atoms with Gasteiger partial charge in [0.25, 0.3) is 11.5 Å². The Morgan fingerprint density at radius 2 is 1.86 bits per heavy atom. The van der Waals surface area contributed by atoms with E-state index in [1.54, 1.807) is 0 Å². The minimum atomic E-state index is -1.17. The molecular weight excluding hydrogens is 378 g/mol. The number of thiazole rings is 1. The normalized spacial score (nSPS) is 24.6. The minimum Gasteiger partial charge on any atom is -0.417 e. The lowest BCUT2D eigenvalue weighted by atomic mass is 9.80. The van der Waals surface area contributed by atoms with Gasteiger partial charge in [0.2, 0.25) is 5.13 Å². The molecule has 8 heteroatoms. The Morgan fingerprint density at radius 3 is 2.46 bits per heavy atom. The molecule has 146 valence electrons. The van der Waals surface area contributed by atoms with Crippen LogP contribution in [-0.2, 0) is 25.5 Å². The first kappa shape index (κ1) is 18.6. The van der Waals surface area contributed by atoms with E-state index in [0.717, 1.165) is 25.0 Å². The summed E-state index contributed by atoms with van der Waals surface area (Å²) in [6.45, 7) is 1.99. The molecule has 1 N–H and O–H groups in total. The summed E-state index contributed by atoms with van der Waals surface area (Å²) in [5.41, 5.74) is 4.43. The van der Waals surface area contributed by atoms with Gasteiger partial charge in [0.15, 0.2) is 0 Å². The number of carbonyl (C=O) groups is 2. The predicted octanol–water partition coefficient (Wildman–Crippen LogP) is 3.63. The Labute approximate surface area is 166 Å². The van der Waals surface area contributed by atoms with Crippen molar-refractivity contribution in [3.05, 3.63) is 47.0 Å². The Balaban J connectivity index is 1.40. The van der Waals surface area contributed by atoms with Crippen molar-refractivity contribution in [3.63, 3.8) is 0 Å². The van der Waals surface area contributed by atoms with Gasteiger partial charge in [0.05, 0.1) is 5.69 Å². The van der Waals surface area contributed by atoms with Crippen LogP contribution in [0.15, 0.2) is 40.8 Å². The maximum Gasteiger partial charge on any atom is 0.369 e. The monoisotopic (exact) mass is 399 g/mol. The number of carbonyl (C=O) groups excluding carboxylic acids is 2. The lowest BCUT2D eigenvalue weighted by Crippen LogP contribution is -2.52. The predicted molar refractivity (Wildman–Crippen MR) is 105 cm³/mol. The summed E-state index contributed by atoms with van der Waals surface area (Å²) in [5.74, 6) is -2.31. The van der Waals surface area contributed by atoms with Gasteiger partial charge < -0.3 is 9.47 Å². The number of nitrogens with one attached hydrogen (secondary N) is 1. The molecule has 2 aromatic rings. The summed E-state index contributed by atoms with van der Waals surface area (Å²) in [6.07, 6.45) is 3.34. The number of hydrogen-bond acceptors (Lipinski definition) is 8. The molecule has 0 unspecified atom stereocenters. The van der Waals surface area contributed by atoms with Crippen molar-refractivity contribution < 1.29 is 19.1 Å². The average molecular weight is 399 g/mol. The van der Waals surface area contributed by atoms with Crippen molar-refractivity contribution >= 4 is 34.1 Å². The molecule has 1 aromatic heterocycles. The first-order chi connectivity index (χ1) is 13.6. The maximum atomic E-state index is 12.4. The van der Waals surface area contributed by atoms with E-state index in [-0.39, 0.29) is 5.71 Å². The number of hydrazone groups is 1. The molecule has 0 bridgehead atoms. The fraction of sp³-hybridized carbons (Fsp3) is 0.400. The van der Waals surface area contributed by atoms with Gasteiger partial charge in [-0.05, 0) is 30.7 Å². The van der Waals surface area contributed by atoms with E-state index in [9.17, 15) is 9.59 Å². The van der Waals surface area contributed by atoms with Gasteiger partial charge in [-0.2, -0.15) is 5.10 Å². The number of benzene rings is 1. The Hall–Kier alpha value is -2.74. The number of ether oxygens (including phenoxy) is 2. The number of anilines is 1. The lowest BCUT2D eigenvalue weighted by molar-refractivity contribution is -0.238. The fourth-order valence-electron chi connectivity index (χ4n) is 3.57. The van der Waals surface area contributed by atoms with Crippen molar-refractivity contribution in [1.29, 1.82) is 0 Å². The zero-order valence-corrected chi connectivity index (χ0v) is 16.3. The van der Waals surface area contributed by atoms with Crippen LogP contribution in [0.5, 0.6) is 0 Å². The minimum absolute atomic E-state index is 0.374. The Morgan fingerprint density at radius 1 is 1.18 bits per heavy atom. The van der Waals surface area contributed by atoms with E-state index < -0.39 is 17.7 Å². The van der Waals surface area contributed by atoms with Crippen LogP contribution in [0.25, 0.3) is 0 Å². The van der Waals surface area contributed by atoms with Gasteiger partial charge in [-0.3, -0.25) is 5.43 Å². The van der Waals surface area contributed by atoms with Gasteiger partial charge >= 0.3 is 11.9 Å². The molecule has 2 heterocycles. The van der Waals surface area contributed by atoms with Crippen LogP contribution in [0.2, 0.25) is 0 Å². The molecule has 0 amide bonds. The summed E-state index contributed by atoms with van der Waals surface area (Å²) in [5, 5.41) is 6.27. The molecule has 1 aromatic carbocycles. The van der Waals surface area contributed by atoms with E-state index in [1.807, 2.05) is 30.5 Å². The topological polar surface area (TPSA) is 89.9 Å². The molecule has 1 aliphatic heterocycles. The van der Waals surface area contributed by atoms with E-state index in [1.165, 1.54) is 16.9 Å². The van der Waals surface area contributed by atoms with Crippen LogP contribution < -0.4 is 5.43 Å². The third-order valence-electron chi connectivity index (χ3n) is 5.14. The molecule has 1 spiro atoms. The number of hydrogen-bond donors (Lipinski definition) is 1. The number of aryl methyl sites for hydroxylation is 1. The molecule has 2 fully saturated rings. The van der Waals surface area contributed by atoms with Gasteiger partial charge in [0, 0.05) is 18.2 Å². The fourth-order valence-corrected chi connectivity index (χ4v) is 4.31. The first-order valence-electron chi connectivity index (χ1n) is 9.38. The maximum absolute atomic E-state index is 12.4. The van der Waals surface area contributed by atoms with E-state index in [2.05, 4.69) is 27.6 Å². The third kappa shape index (κ3) is 3.77. The quantitative estimate of drug-likeness (QED) is 0.624. The first-order valence-corrected chi connectivity index (χ1v) is 10.3. The van der Waals surface area contributed by atoms with Crippen LogP contribution in [-0.4, -0.2) is 28.4 Å². The highest BCUT2D eigenvalue weighted by atomic mass is 32.1. The highest BCUT2D eigenvalue weighted by Crippen LogP contribution is 2.42. The number of nitrogens with zero attached hydrogens (tertiary/aromatic N) is 2. The SMILES string of the molecule is CCc1csc(NN=C2C(=O)OC3(CCC(c4ccccc4)CC3)OC2=O)n1. The highest BCUT2D eigenvalue weighted by molar-refractivity contribution is 7.13. The number of esters is 2. The summed E-state index contributed by atoms with van der Waals surface area (Å²) in [4.78, 5) is 29.1. The van der Waals surface area contributed by atoms with Crippen molar-refractivity contribution in [1.82, 2.24) is 4.98 Å². The lowest BCUT2D eigenvalue weighted by Gasteiger charge is -2.40. The molecule has 0 radical (unpaired) electrons. The molecule has 1 saturated heterocycles. The molecule has 7 nitrogen and oxygen atoms in total. The van der Waals surface area contributed by atoms with Crippen molar-refractivity contribution in [3.8, 4) is 0 Å². The highest BCUT2D eigenvalue weighted by Gasteiger charge is 2.49. The van der Waals surface area contributed by atoms with Crippen molar-refractivity contribution in [2.45, 2.75) is 50.7 Å². The zero-order chi connectivity index (χ0) is 19.6. The molecule has 1 saturated carbocycles. The zero-order valence-electron chi connectivity index (χ0n) is 15.5. The Kier molecular flexibility index (Phi) is 5.13. The molecule has 4 rings (SSSR count). The summed E-state index contributed by atoms with van der Waals surface area (Å²) in [7, 11) is 0. The average Bonchev–Trinajstić information content (AvgIpc) is 3.17. The van der Waals surface area contributed by atoms with Gasteiger partial charge in [0.1, 0.15) is 0 Å². The summed E-state index contributed by atoms with van der Waals surface area (Å²) >= 11 is 1.35. The number of rotatable bonds is 4. The third-order valence-corrected chi connectivity index (χ3v) is 5.94. The molecular formula is C20H21N3O4S. The van der Waals surface area contributed by atoms with Gasteiger partial charge in [-0.15, -0.1) is 11.3 Å². The standard InChI is InChI=1S/C20H21N3O4S/c1-2-15-12-28-19(21-15)23-22-16-17(24)26-20(27-18(16)25)10-8-14(9-11-20)13-6-4-3-5-7-13/h3-7,12,14H,2,8-11H2,1H3,(H,21,23).